The lowest BCUT2D eigenvalue weighted by Crippen LogP contribution is -2.24. The summed E-state index contributed by atoms with van der Waals surface area (Å²) in [6.45, 7) is 1.47. The van der Waals surface area contributed by atoms with Crippen LogP contribution in [-0.4, -0.2) is 25.7 Å². The van der Waals surface area contributed by atoms with E-state index in [2.05, 4.69) is 5.32 Å². The summed E-state index contributed by atoms with van der Waals surface area (Å²) in [5.41, 5.74) is 1.10. The molecule has 0 spiro atoms. The van der Waals surface area contributed by atoms with Crippen molar-refractivity contribution in [3.63, 3.8) is 0 Å². The fraction of sp³-hybridized carbons (Fsp3) is 0.263. The van der Waals surface area contributed by atoms with Gasteiger partial charge in [0.1, 0.15) is 31.1 Å². The van der Waals surface area contributed by atoms with Gasteiger partial charge < -0.3 is 14.8 Å². The van der Waals surface area contributed by atoms with E-state index in [0.717, 1.165) is 17.1 Å². The van der Waals surface area contributed by atoms with E-state index < -0.39 is 0 Å². The Morgan fingerprint density at radius 2 is 1.58 bits per heavy atom. The van der Waals surface area contributed by atoms with Crippen molar-refractivity contribution in [1.82, 2.24) is 5.32 Å². The zero-order valence-electron chi connectivity index (χ0n) is 13.4. The van der Waals surface area contributed by atoms with Crippen LogP contribution in [0.4, 0.5) is 0 Å². The standard InChI is InChI=1S/C19H20N2O3/c20-12-10-19(22)21-13-11-16-6-8-18(9-7-16)24-15-14-23-17-4-2-1-3-5-17/h1-9H,10-11,13-15H2,(H,21,22). The second-order valence-electron chi connectivity index (χ2n) is 5.09. The summed E-state index contributed by atoms with van der Waals surface area (Å²) in [6, 6.07) is 19.2. The third-order valence-corrected chi connectivity index (χ3v) is 3.26. The number of rotatable bonds is 9. The highest BCUT2D eigenvalue weighted by atomic mass is 16.5. The molecule has 0 heterocycles. The molecule has 2 aromatic carbocycles. The van der Waals surface area contributed by atoms with Crippen LogP contribution >= 0.6 is 0 Å². The molecular formula is C19H20N2O3. The lowest BCUT2D eigenvalue weighted by atomic mass is 10.1. The highest BCUT2D eigenvalue weighted by Gasteiger charge is 2.00. The number of hydrogen-bond donors (Lipinski definition) is 1. The maximum atomic E-state index is 11.2. The van der Waals surface area contributed by atoms with E-state index in [4.69, 9.17) is 14.7 Å². The number of nitrogens with zero attached hydrogens (tertiary/aromatic N) is 1. The number of amides is 1. The number of benzene rings is 2. The van der Waals surface area contributed by atoms with Crippen molar-refractivity contribution in [3.8, 4) is 17.6 Å². The van der Waals surface area contributed by atoms with Crippen LogP contribution < -0.4 is 14.8 Å². The van der Waals surface area contributed by atoms with E-state index in [1.807, 2.05) is 60.7 Å². The van der Waals surface area contributed by atoms with E-state index in [1.54, 1.807) is 0 Å². The van der Waals surface area contributed by atoms with Gasteiger partial charge in [0, 0.05) is 6.54 Å². The molecule has 0 aliphatic heterocycles. The molecule has 0 bridgehead atoms. The van der Waals surface area contributed by atoms with Crippen molar-refractivity contribution in [2.75, 3.05) is 19.8 Å². The predicted octanol–water partition coefficient (Wildman–Crippen LogP) is 2.72. The van der Waals surface area contributed by atoms with Gasteiger partial charge in [0.05, 0.1) is 6.07 Å². The van der Waals surface area contributed by atoms with Gasteiger partial charge in [-0.05, 0) is 36.2 Å². The number of nitriles is 1. The van der Waals surface area contributed by atoms with Crippen molar-refractivity contribution in [2.45, 2.75) is 12.8 Å². The second kappa shape index (κ2) is 9.90. The van der Waals surface area contributed by atoms with Crippen molar-refractivity contribution in [1.29, 1.82) is 5.26 Å². The van der Waals surface area contributed by atoms with Gasteiger partial charge in [0.2, 0.25) is 5.91 Å². The second-order valence-corrected chi connectivity index (χ2v) is 5.09. The molecule has 5 nitrogen and oxygen atoms in total. The molecule has 0 unspecified atom stereocenters. The van der Waals surface area contributed by atoms with E-state index in [0.29, 0.717) is 26.2 Å². The van der Waals surface area contributed by atoms with Crippen LogP contribution in [0, 0.1) is 11.3 Å². The zero-order chi connectivity index (χ0) is 17.0. The maximum absolute atomic E-state index is 11.2. The molecule has 0 aliphatic carbocycles. The Bertz CT molecular complexity index is 663. The van der Waals surface area contributed by atoms with Crippen LogP contribution in [0.15, 0.2) is 54.6 Å². The van der Waals surface area contributed by atoms with Gasteiger partial charge in [-0.25, -0.2) is 0 Å². The molecule has 0 fully saturated rings. The summed E-state index contributed by atoms with van der Waals surface area (Å²) in [5.74, 6) is 1.37. The van der Waals surface area contributed by atoms with Crippen molar-refractivity contribution < 1.29 is 14.3 Å². The summed E-state index contributed by atoms with van der Waals surface area (Å²) in [7, 11) is 0. The maximum Gasteiger partial charge on any atom is 0.234 e. The minimum absolute atomic E-state index is 0.0994. The van der Waals surface area contributed by atoms with E-state index in [-0.39, 0.29) is 12.3 Å². The number of ether oxygens (including phenoxy) is 2. The minimum atomic E-state index is -0.240. The first-order chi connectivity index (χ1) is 11.8. The van der Waals surface area contributed by atoms with Gasteiger partial charge in [0.15, 0.2) is 0 Å². The van der Waals surface area contributed by atoms with Crippen molar-refractivity contribution >= 4 is 5.91 Å². The number of para-hydroxylation sites is 1. The molecule has 0 aliphatic rings. The van der Waals surface area contributed by atoms with Gasteiger partial charge in [0.25, 0.3) is 0 Å². The first-order valence-electron chi connectivity index (χ1n) is 7.81. The molecule has 24 heavy (non-hydrogen) atoms. The van der Waals surface area contributed by atoms with Crippen molar-refractivity contribution in [3.05, 3.63) is 60.2 Å². The smallest absolute Gasteiger partial charge is 0.234 e. The van der Waals surface area contributed by atoms with Gasteiger partial charge in [-0.2, -0.15) is 5.26 Å². The summed E-state index contributed by atoms with van der Waals surface area (Å²) in [5, 5.41) is 11.1. The average molecular weight is 324 g/mol. The monoisotopic (exact) mass is 324 g/mol. The Labute approximate surface area is 141 Å². The van der Waals surface area contributed by atoms with Crippen LogP contribution in [0.25, 0.3) is 0 Å². The Hall–Kier alpha value is -3.00. The van der Waals surface area contributed by atoms with Gasteiger partial charge >= 0.3 is 0 Å². The summed E-state index contributed by atoms with van der Waals surface area (Å²) in [4.78, 5) is 11.2. The van der Waals surface area contributed by atoms with Crippen LogP contribution in [0.3, 0.4) is 0 Å². The third kappa shape index (κ3) is 6.41. The Morgan fingerprint density at radius 3 is 2.21 bits per heavy atom. The first-order valence-corrected chi connectivity index (χ1v) is 7.81. The largest absolute Gasteiger partial charge is 0.490 e. The van der Waals surface area contributed by atoms with Gasteiger partial charge in [-0.3, -0.25) is 4.79 Å². The molecule has 5 heteroatoms. The third-order valence-electron chi connectivity index (χ3n) is 3.26. The summed E-state index contributed by atoms with van der Waals surface area (Å²) < 4.78 is 11.2. The van der Waals surface area contributed by atoms with E-state index in [9.17, 15) is 4.79 Å². The normalized spacial score (nSPS) is 9.79. The number of nitrogens with one attached hydrogen (secondary N) is 1. The van der Waals surface area contributed by atoms with Gasteiger partial charge in [-0.1, -0.05) is 30.3 Å². The van der Waals surface area contributed by atoms with Crippen LogP contribution in [0.2, 0.25) is 0 Å². The molecule has 2 aromatic rings. The Kier molecular flexibility index (Phi) is 7.16. The molecule has 1 N–H and O–H groups in total. The Balaban J connectivity index is 1.64. The first kappa shape index (κ1) is 17.4. The number of carbonyl (C=O) groups excluding carboxylic acids is 1. The molecule has 0 saturated heterocycles. The molecule has 1 amide bonds. The molecule has 2 rings (SSSR count). The number of hydrogen-bond acceptors (Lipinski definition) is 4. The highest BCUT2D eigenvalue weighted by molar-refractivity contribution is 5.77. The molecule has 0 radical (unpaired) electrons. The van der Waals surface area contributed by atoms with Crippen molar-refractivity contribution in [2.24, 2.45) is 0 Å². The SMILES string of the molecule is N#CCC(=O)NCCc1ccc(OCCOc2ccccc2)cc1. The zero-order valence-corrected chi connectivity index (χ0v) is 13.4. The Morgan fingerprint density at radius 1 is 0.958 bits per heavy atom. The summed E-state index contributed by atoms with van der Waals surface area (Å²) >= 11 is 0. The molecular weight excluding hydrogens is 304 g/mol. The fourth-order valence-electron chi connectivity index (χ4n) is 2.07. The highest BCUT2D eigenvalue weighted by Crippen LogP contribution is 2.13. The van der Waals surface area contributed by atoms with E-state index in [1.165, 1.54) is 0 Å². The lowest BCUT2D eigenvalue weighted by Gasteiger charge is -2.09. The lowest BCUT2D eigenvalue weighted by molar-refractivity contribution is -0.120. The average Bonchev–Trinajstić information content (AvgIpc) is 2.61. The molecule has 0 saturated carbocycles. The van der Waals surface area contributed by atoms with Crippen LogP contribution in [0.1, 0.15) is 12.0 Å². The molecule has 0 aromatic heterocycles. The summed E-state index contributed by atoms with van der Waals surface area (Å²) in [6.07, 6.45) is 0.617. The fourth-order valence-corrected chi connectivity index (χ4v) is 2.07. The minimum Gasteiger partial charge on any atom is -0.490 e. The molecule has 0 atom stereocenters. The topological polar surface area (TPSA) is 71.4 Å². The number of carbonyl (C=O) groups is 1. The molecule has 124 valence electrons. The predicted molar refractivity (Wildman–Crippen MR) is 90.8 cm³/mol. The quantitative estimate of drug-likeness (QED) is 0.720. The van der Waals surface area contributed by atoms with E-state index >= 15 is 0 Å². The van der Waals surface area contributed by atoms with Crippen LogP contribution in [-0.2, 0) is 11.2 Å². The van der Waals surface area contributed by atoms with Crippen LogP contribution in [0.5, 0.6) is 11.5 Å². The van der Waals surface area contributed by atoms with Gasteiger partial charge in [-0.15, -0.1) is 0 Å².